The molecule has 0 N–H and O–H groups in total. The average molecular weight is 261 g/mol. The Morgan fingerprint density at radius 2 is 1.95 bits per heavy atom. The quantitative estimate of drug-likeness (QED) is 0.608. The number of ether oxygens (including phenoxy) is 1. The Labute approximate surface area is 111 Å². The molecule has 1 saturated heterocycles. The van der Waals surface area contributed by atoms with Crippen LogP contribution in [0.5, 0.6) is 0 Å². The van der Waals surface area contributed by atoms with Gasteiger partial charge in [-0.2, -0.15) is 0 Å². The Morgan fingerprint density at radius 3 is 2.53 bits per heavy atom. The zero-order chi connectivity index (χ0) is 14.0. The van der Waals surface area contributed by atoms with Crippen LogP contribution >= 0.6 is 0 Å². The number of hydrogen-bond acceptors (Lipinski definition) is 4. The van der Waals surface area contributed by atoms with Gasteiger partial charge in [0, 0.05) is 5.69 Å². The minimum atomic E-state index is -1.26. The number of hydrogen-bond donors (Lipinski definition) is 0. The van der Waals surface area contributed by atoms with Crippen molar-refractivity contribution in [2.75, 3.05) is 11.5 Å². The van der Waals surface area contributed by atoms with Gasteiger partial charge in [0.05, 0.1) is 13.0 Å². The van der Waals surface area contributed by atoms with Crippen molar-refractivity contribution in [1.29, 1.82) is 0 Å². The molecule has 2 rings (SSSR count). The number of ketones is 1. The molecule has 1 fully saturated rings. The molecule has 0 aliphatic carbocycles. The molecule has 1 aromatic rings. The molecular weight excluding hydrogens is 246 g/mol. The van der Waals surface area contributed by atoms with E-state index in [0.29, 0.717) is 5.69 Å². The fourth-order valence-electron chi connectivity index (χ4n) is 2.25. The van der Waals surface area contributed by atoms with Crippen LogP contribution in [0, 0.1) is 0 Å². The van der Waals surface area contributed by atoms with Crippen molar-refractivity contribution in [3.8, 4) is 0 Å². The molecule has 1 aliphatic rings. The van der Waals surface area contributed by atoms with Gasteiger partial charge in [0.15, 0.2) is 0 Å². The maximum absolute atomic E-state index is 12.1. The van der Waals surface area contributed by atoms with E-state index in [0.717, 1.165) is 0 Å². The van der Waals surface area contributed by atoms with Crippen LogP contribution < -0.4 is 4.90 Å². The summed E-state index contributed by atoms with van der Waals surface area (Å²) in [7, 11) is 0. The van der Waals surface area contributed by atoms with Gasteiger partial charge in [0.25, 0.3) is 5.91 Å². The fraction of sp³-hybridized carbons (Fsp3) is 0.357. The molecule has 100 valence electrons. The number of benzene rings is 1. The highest BCUT2D eigenvalue weighted by Gasteiger charge is 2.54. The number of para-hydroxylation sites is 1. The lowest BCUT2D eigenvalue weighted by molar-refractivity contribution is -0.149. The Kier molecular flexibility index (Phi) is 3.38. The number of carbonyl (C=O) groups excluding carboxylic acids is 3. The third kappa shape index (κ3) is 2.12. The molecule has 5 heteroatoms. The average Bonchev–Trinajstić information content (AvgIpc) is 2.63. The minimum Gasteiger partial charge on any atom is -0.464 e. The Balaban J connectivity index is 2.45. The van der Waals surface area contributed by atoms with Crippen molar-refractivity contribution in [2.24, 2.45) is 0 Å². The third-order valence-electron chi connectivity index (χ3n) is 3.17. The van der Waals surface area contributed by atoms with Gasteiger partial charge in [-0.25, -0.2) is 4.79 Å². The number of anilines is 1. The summed E-state index contributed by atoms with van der Waals surface area (Å²) in [4.78, 5) is 37.0. The molecular formula is C14H15NO4. The van der Waals surface area contributed by atoms with Gasteiger partial charge in [-0.05, 0) is 26.0 Å². The first kappa shape index (κ1) is 13.3. The molecule has 0 aromatic heterocycles. The van der Waals surface area contributed by atoms with Crippen molar-refractivity contribution in [3.63, 3.8) is 0 Å². The summed E-state index contributed by atoms with van der Waals surface area (Å²) in [6, 6.07) is 8.67. The highest BCUT2D eigenvalue weighted by atomic mass is 16.5. The van der Waals surface area contributed by atoms with E-state index in [-0.39, 0.29) is 13.0 Å². The molecule has 1 heterocycles. The van der Waals surface area contributed by atoms with Crippen molar-refractivity contribution in [1.82, 2.24) is 0 Å². The highest BCUT2D eigenvalue weighted by Crippen LogP contribution is 2.34. The fourth-order valence-corrected chi connectivity index (χ4v) is 2.25. The van der Waals surface area contributed by atoms with Crippen LogP contribution in [0.2, 0.25) is 0 Å². The smallest absolute Gasteiger partial charge is 0.332 e. The molecule has 5 nitrogen and oxygen atoms in total. The highest BCUT2D eigenvalue weighted by molar-refractivity contribution is 6.46. The second-order valence-electron chi connectivity index (χ2n) is 4.57. The summed E-state index contributed by atoms with van der Waals surface area (Å²) in [5, 5.41) is 0. The van der Waals surface area contributed by atoms with Crippen molar-refractivity contribution in [3.05, 3.63) is 30.3 Å². The molecule has 0 bridgehead atoms. The monoisotopic (exact) mass is 261 g/mol. The normalized spacial score (nSPS) is 22.7. The summed E-state index contributed by atoms with van der Waals surface area (Å²) >= 11 is 0. The van der Waals surface area contributed by atoms with Gasteiger partial charge in [0.2, 0.25) is 5.78 Å². The van der Waals surface area contributed by atoms with Crippen LogP contribution in [0.1, 0.15) is 20.3 Å². The zero-order valence-corrected chi connectivity index (χ0v) is 10.9. The molecule has 0 spiro atoms. The molecule has 1 atom stereocenters. The Hall–Kier alpha value is -2.17. The van der Waals surface area contributed by atoms with Gasteiger partial charge in [0.1, 0.15) is 5.54 Å². The predicted octanol–water partition coefficient (Wildman–Crippen LogP) is 1.31. The number of nitrogens with zero attached hydrogens (tertiary/aromatic N) is 1. The predicted molar refractivity (Wildman–Crippen MR) is 68.6 cm³/mol. The van der Waals surface area contributed by atoms with E-state index in [2.05, 4.69) is 0 Å². The topological polar surface area (TPSA) is 63.7 Å². The van der Waals surface area contributed by atoms with E-state index in [9.17, 15) is 14.4 Å². The first-order chi connectivity index (χ1) is 9.00. The SMILES string of the molecule is CCOC(=O)[C@@]1(C)CC(=O)C(=O)N1c1ccccc1. The van der Waals surface area contributed by atoms with Gasteiger partial charge < -0.3 is 4.74 Å². The van der Waals surface area contributed by atoms with Crippen molar-refractivity contribution >= 4 is 23.3 Å². The van der Waals surface area contributed by atoms with Crippen LogP contribution in [-0.4, -0.2) is 29.8 Å². The molecule has 19 heavy (non-hydrogen) atoms. The van der Waals surface area contributed by atoms with E-state index < -0.39 is 23.2 Å². The van der Waals surface area contributed by atoms with Crippen molar-refractivity contribution in [2.45, 2.75) is 25.8 Å². The van der Waals surface area contributed by atoms with Crippen molar-refractivity contribution < 1.29 is 19.1 Å². The Morgan fingerprint density at radius 1 is 1.32 bits per heavy atom. The number of esters is 1. The van der Waals surface area contributed by atoms with E-state index in [1.165, 1.54) is 4.90 Å². The van der Waals surface area contributed by atoms with Gasteiger partial charge in [-0.15, -0.1) is 0 Å². The molecule has 0 saturated carbocycles. The lowest BCUT2D eigenvalue weighted by Gasteiger charge is -2.31. The number of rotatable bonds is 3. The summed E-state index contributed by atoms with van der Waals surface area (Å²) in [6.07, 6.45) is -0.153. The lowest BCUT2D eigenvalue weighted by atomic mass is 9.98. The molecule has 1 aromatic carbocycles. The summed E-state index contributed by atoms with van der Waals surface area (Å²) in [5.74, 6) is -1.79. The standard InChI is InChI=1S/C14H15NO4/c1-3-19-13(18)14(2)9-11(16)12(17)15(14)10-7-5-4-6-8-10/h4-8H,3,9H2,1-2H3/t14-/m1/s1. The Bertz CT molecular complexity index is 526. The minimum absolute atomic E-state index is 0.153. The van der Waals surface area contributed by atoms with Gasteiger partial charge in [-0.1, -0.05) is 18.2 Å². The van der Waals surface area contributed by atoms with Gasteiger partial charge in [-0.3, -0.25) is 14.5 Å². The van der Waals surface area contributed by atoms with Crippen LogP contribution in [0.15, 0.2) is 30.3 Å². The van der Waals surface area contributed by atoms with Crippen LogP contribution in [-0.2, 0) is 19.1 Å². The molecule has 0 unspecified atom stereocenters. The lowest BCUT2D eigenvalue weighted by Crippen LogP contribution is -2.50. The second-order valence-corrected chi connectivity index (χ2v) is 4.57. The maximum atomic E-state index is 12.1. The number of amides is 1. The molecule has 1 amide bonds. The maximum Gasteiger partial charge on any atom is 0.332 e. The van der Waals surface area contributed by atoms with Crippen LogP contribution in [0.3, 0.4) is 0 Å². The van der Waals surface area contributed by atoms with E-state index >= 15 is 0 Å². The molecule has 0 radical (unpaired) electrons. The van der Waals surface area contributed by atoms with E-state index in [4.69, 9.17) is 4.74 Å². The third-order valence-corrected chi connectivity index (χ3v) is 3.17. The van der Waals surface area contributed by atoms with Crippen LogP contribution in [0.25, 0.3) is 0 Å². The van der Waals surface area contributed by atoms with Gasteiger partial charge >= 0.3 is 5.97 Å². The first-order valence-corrected chi connectivity index (χ1v) is 6.10. The second kappa shape index (κ2) is 4.84. The molecule has 1 aliphatic heterocycles. The largest absolute Gasteiger partial charge is 0.464 e. The van der Waals surface area contributed by atoms with E-state index in [1.807, 2.05) is 0 Å². The summed E-state index contributed by atoms with van der Waals surface area (Å²) < 4.78 is 4.99. The van der Waals surface area contributed by atoms with Crippen LogP contribution in [0.4, 0.5) is 5.69 Å². The van der Waals surface area contributed by atoms with E-state index in [1.54, 1.807) is 44.2 Å². The summed E-state index contributed by atoms with van der Waals surface area (Å²) in [5.41, 5.74) is -0.736. The summed E-state index contributed by atoms with van der Waals surface area (Å²) in [6.45, 7) is 3.45. The first-order valence-electron chi connectivity index (χ1n) is 6.10. The number of Topliss-reactive ketones (excluding diaryl/α,β-unsaturated/α-hetero) is 1. The zero-order valence-electron chi connectivity index (χ0n) is 10.9. The number of carbonyl (C=O) groups is 3.